The molecule has 0 unspecified atom stereocenters. The quantitative estimate of drug-likeness (QED) is 0.683. The largest absolute Gasteiger partial charge is 0.353 e. The van der Waals surface area contributed by atoms with E-state index in [1.807, 2.05) is 31.4 Å². The van der Waals surface area contributed by atoms with Gasteiger partial charge in [0.25, 0.3) is 5.91 Å². The molecule has 150 valence electrons. The Morgan fingerprint density at radius 2 is 1.62 bits per heavy atom. The maximum Gasteiger partial charge on any atom is 0.253 e. The molecule has 4 rings (SSSR count). The number of halogens is 1. The third-order valence-corrected chi connectivity index (χ3v) is 5.29. The number of aryl methyl sites for hydroxylation is 2. The molecule has 0 bridgehead atoms. The summed E-state index contributed by atoms with van der Waals surface area (Å²) in [5.74, 6) is 1.90. The number of anilines is 1. The Morgan fingerprint density at radius 1 is 0.966 bits per heavy atom. The lowest BCUT2D eigenvalue weighted by Crippen LogP contribution is -2.49. The number of piperazine rings is 1. The standard InChI is InChI=1S/C21H23FN6O/c1-14-15(2)28(13-23-14)20-12-19(24-16(3)25-20)26-8-10-27(11-9-26)21(29)17-4-6-18(22)7-5-17/h4-7,12-13H,8-11H2,1-3H3. The van der Waals surface area contributed by atoms with Crippen molar-refractivity contribution in [2.45, 2.75) is 20.8 Å². The van der Waals surface area contributed by atoms with Crippen LogP contribution < -0.4 is 4.90 Å². The number of amides is 1. The fraction of sp³-hybridized carbons (Fsp3) is 0.333. The minimum absolute atomic E-state index is 0.0753. The molecule has 1 aliphatic heterocycles. The molecule has 29 heavy (non-hydrogen) atoms. The Hall–Kier alpha value is -3.29. The summed E-state index contributed by atoms with van der Waals surface area (Å²) < 4.78 is 15.1. The first-order valence-corrected chi connectivity index (χ1v) is 9.59. The second kappa shape index (κ2) is 7.62. The van der Waals surface area contributed by atoms with Crippen LogP contribution in [-0.2, 0) is 0 Å². The van der Waals surface area contributed by atoms with Gasteiger partial charge in [-0.3, -0.25) is 9.36 Å². The topological polar surface area (TPSA) is 67.2 Å². The second-order valence-electron chi connectivity index (χ2n) is 7.20. The molecule has 0 spiro atoms. The summed E-state index contributed by atoms with van der Waals surface area (Å²) in [4.78, 5) is 30.1. The van der Waals surface area contributed by atoms with Crippen molar-refractivity contribution in [2.24, 2.45) is 0 Å². The first kappa shape index (κ1) is 19.0. The molecule has 2 aromatic heterocycles. The molecule has 0 aliphatic carbocycles. The van der Waals surface area contributed by atoms with Gasteiger partial charge in [0.15, 0.2) is 0 Å². The van der Waals surface area contributed by atoms with Crippen molar-refractivity contribution in [3.8, 4) is 5.82 Å². The summed E-state index contributed by atoms with van der Waals surface area (Å²) in [6.07, 6.45) is 1.77. The van der Waals surface area contributed by atoms with Crippen LogP contribution in [0.15, 0.2) is 36.7 Å². The van der Waals surface area contributed by atoms with Gasteiger partial charge in [0.05, 0.1) is 5.69 Å². The van der Waals surface area contributed by atoms with Gasteiger partial charge in [-0.25, -0.2) is 19.3 Å². The number of carbonyl (C=O) groups excluding carboxylic acids is 1. The molecule has 1 fully saturated rings. The van der Waals surface area contributed by atoms with Crippen molar-refractivity contribution < 1.29 is 9.18 Å². The van der Waals surface area contributed by atoms with Crippen LogP contribution in [0.25, 0.3) is 5.82 Å². The first-order valence-electron chi connectivity index (χ1n) is 9.59. The van der Waals surface area contributed by atoms with Crippen LogP contribution in [-0.4, -0.2) is 56.5 Å². The summed E-state index contributed by atoms with van der Waals surface area (Å²) >= 11 is 0. The molecule has 0 atom stereocenters. The Morgan fingerprint density at radius 3 is 2.24 bits per heavy atom. The molecule has 1 aliphatic rings. The van der Waals surface area contributed by atoms with Gasteiger partial charge in [0, 0.05) is 43.5 Å². The lowest BCUT2D eigenvalue weighted by molar-refractivity contribution is 0.0746. The van der Waals surface area contributed by atoms with Gasteiger partial charge < -0.3 is 9.80 Å². The predicted octanol–water partition coefficient (Wildman–Crippen LogP) is 2.69. The van der Waals surface area contributed by atoms with Crippen molar-refractivity contribution in [3.63, 3.8) is 0 Å². The zero-order chi connectivity index (χ0) is 20.5. The summed E-state index contributed by atoms with van der Waals surface area (Å²) in [6.45, 7) is 8.36. The van der Waals surface area contributed by atoms with Crippen molar-refractivity contribution in [2.75, 3.05) is 31.1 Å². The van der Waals surface area contributed by atoms with Crippen molar-refractivity contribution in [3.05, 3.63) is 65.3 Å². The van der Waals surface area contributed by atoms with Gasteiger partial charge in [-0.2, -0.15) is 0 Å². The van der Waals surface area contributed by atoms with E-state index in [9.17, 15) is 9.18 Å². The Balaban J connectivity index is 1.49. The Bertz CT molecular complexity index is 1040. The van der Waals surface area contributed by atoms with E-state index in [1.54, 1.807) is 11.2 Å². The van der Waals surface area contributed by atoms with Crippen LogP contribution in [0, 0.1) is 26.6 Å². The number of imidazole rings is 1. The molecule has 0 saturated carbocycles. The lowest BCUT2D eigenvalue weighted by Gasteiger charge is -2.35. The number of aromatic nitrogens is 4. The van der Waals surface area contributed by atoms with Crippen LogP contribution in [0.1, 0.15) is 27.6 Å². The fourth-order valence-electron chi connectivity index (χ4n) is 3.47. The number of benzene rings is 1. The maximum absolute atomic E-state index is 13.1. The monoisotopic (exact) mass is 394 g/mol. The number of hydrogen-bond donors (Lipinski definition) is 0. The molecule has 0 radical (unpaired) electrons. The highest BCUT2D eigenvalue weighted by molar-refractivity contribution is 5.94. The average Bonchev–Trinajstić information content (AvgIpc) is 3.06. The molecular weight excluding hydrogens is 371 g/mol. The van der Waals surface area contributed by atoms with Gasteiger partial charge >= 0.3 is 0 Å². The second-order valence-corrected chi connectivity index (χ2v) is 7.20. The Kier molecular flexibility index (Phi) is 5.00. The summed E-state index contributed by atoms with van der Waals surface area (Å²) in [5.41, 5.74) is 2.52. The smallest absolute Gasteiger partial charge is 0.253 e. The van der Waals surface area contributed by atoms with E-state index < -0.39 is 0 Å². The summed E-state index contributed by atoms with van der Waals surface area (Å²) in [6, 6.07) is 7.64. The van der Waals surface area contributed by atoms with E-state index in [2.05, 4.69) is 19.9 Å². The lowest BCUT2D eigenvalue weighted by atomic mass is 10.2. The van der Waals surface area contributed by atoms with E-state index in [4.69, 9.17) is 0 Å². The maximum atomic E-state index is 13.1. The summed E-state index contributed by atoms with van der Waals surface area (Å²) in [7, 11) is 0. The van der Waals surface area contributed by atoms with Crippen LogP contribution >= 0.6 is 0 Å². The average molecular weight is 394 g/mol. The van der Waals surface area contributed by atoms with Crippen molar-refractivity contribution in [1.29, 1.82) is 0 Å². The molecule has 0 N–H and O–H groups in total. The van der Waals surface area contributed by atoms with Crippen LogP contribution in [0.2, 0.25) is 0 Å². The molecular formula is C21H23FN6O. The van der Waals surface area contributed by atoms with Crippen molar-refractivity contribution >= 4 is 11.7 Å². The minimum Gasteiger partial charge on any atom is -0.353 e. The van der Waals surface area contributed by atoms with Crippen LogP contribution in [0.3, 0.4) is 0 Å². The van der Waals surface area contributed by atoms with E-state index >= 15 is 0 Å². The number of nitrogens with zero attached hydrogens (tertiary/aromatic N) is 6. The minimum atomic E-state index is -0.343. The van der Waals surface area contributed by atoms with Gasteiger partial charge in [-0.15, -0.1) is 0 Å². The summed E-state index contributed by atoms with van der Waals surface area (Å²) in [5, 5.41) is 0. The number of hydrogen-bond acceptors (Lipinski definition) is 5. The molecule has 8 heteroatoms. The third kappa shape index (κ3) is 3.83. The van der Waals surface area contributed by atoms with Crippen LogP contribution in [0.4, 0.5) is 10.2 Å². The SMILES string of the molecule is Cc1nc(N2CCN(C(=O)c3ccc(F)cc3)CC2)cc(-n2cnc(C)c2C)n1. The zero-order valence-electron chi connectivity index (χ0n) is 16.8. The molecule has 3 aromatic rings. The highest BCUT2D eigenvalue weighted by Crippen LogP contribution is 2.20. The first-order chi connectivity index (χ1) is 13.9. The van der Waals surface area contributed by atoms with Gasteiger partial charge in [0.2, 0.25) is 0 Å². The number of carbonyl (C=O) groups is 1. The fourth-order valence-corrected chi connectivity index (χ4v) is 3.47. The van der Waals surface area contributed by atoms with E-state index in [1.165, 1.54) is 24.3 Å². The molecule has 1 aromatic carbocycles. The van der Waals surface area contributed by atoms with Gasteiger partial charge in [0.1, 0.15) is 29.6 Å². The highest BCUT2D eigenvalue weighted by Gasteiger charge is 2.23. The number of rotatable bonds is 3. The van der Waals surface area contributed by atoms with Crippen molar-refractivity contribution in [1.82, 2.24) is 24.4 Å². The predicted molar refractivity (Wildman–Crippen MR) is 108 cm³/mol. The zero-order valence-corrected chi connectivity index (χ0v) is 16.8. The normalized spacial score (nSPS) is 14.3. The highest BCUT2D eigenvalue weighted by atomic mass is 19.1. The van der Waals surface area contributed by atoms with E-state index in [-0.39, 0.29) is 11.7 Å². The van der Waals surface area contributed by atoms with Gasteiger partial charge in [-0.05, 0) is 45.0 Å². The van der Waals surface area contributed by atoms with Gasteiger partial charge in [-0.1, -0.05) is 0 Å². The molecule has 1 saturated heterocycles. The Labute approximate surface area is 168 Å². The molecule has 3 heterocycles. The van der Waals surface area contributed by atoms with E-state index in [0.29, 0.717) is 37.6 Å². The van der Waals surface area contributed by atoms with E-state index in [0.717, 1.165) is 23.0 Å². The molecule has 7 nitrogen and oxygen atoms in total. The molecule has 1 amide bonds. The third-order valence-electron chi connectivity index (χ3n) is 5.29. The van der Waals surface area contributed by atoms with Crippen LogP contribution in [0.5, 0.6) is 0 Å².